The molecule has 0 aromatic carbocycles. The van der Waals surface area contributed by atoms with Crippen molar-refractivity contribution in [2.75, 3.05) is 17.8 Å². The van der Waals surface area contributed by atoms with Gasteiger partial charge in [-0.15, -0.1) is 0 Å². The number of hydrogen-bond donors (Lipinski definition) is 1. The topological polar surface area (TPSA) is 88.5 Å². The van der Waals surface area contributed by atoms with Crippen molar-refractivity contribution in [1.29, 1.82) is 0 Å². The van der Waals surface area contributed by atoms with E-state index in [1.54, 1.807) is 0 Å². The van der Waals surface area contributed by atoms with E-state index in [1.807, 2.05) is 0 Å². The molecule has 1 radical (unpaired) electrons. The quantitative estimate of drug-likeness (QED) is 0.316. The standard InChI is InChI=1S/C5H12O5S3.Na/c1-12(6,7)11-4-2-3-5-13(8,9)10;/h2-5H2,1H3,(H,8,9,10);. The van der Waals surface area contributed by atoms with Gasteiger partial charge in [-0.25, -0.2) is 8.42 Å². The van der Waals surface area contributed by atoms with Gasteiger partial charge in [0.2, 0.25) is 0 Å². The molecule has 0 fully saturated rings. The molecule has 0 heterocycles. The molecule has 0 spiro atoms. The van der Waals surface area contributed by atoms with Gasteiger partial charge in [0.25, 0.3) is 10.1 Å². The van der Waals surface area contributed by atoms with Crippen LogP contribution in [0.25, 0.3) is 0 Å². The van der Waals surface area contributed by atoms with Crippen LogP contribution in [0, 0.1) is 0 Å². The maximum Gasteiger partial charge on any atom is 0.264 e. The minimum Gasteiger partial charge on any atom is -0.286 e. The van der Waals surface area contributed by atoms with E-state index in [9.17, 15) is 16.8 Å². The van der Waals surface area contributed by atoms with Crippen molar-refractivity contribution in [2.45, 2.75) is 12.8 Å². The van der Waals surface area contributed by atoms with Crippen LogP contribution in [0.5, 0.6) is 0 Å². The fourth-order valence-corrected chi connectivity index (χ4v) is 3.05. The van der Waals surface area contributed by atoms with Crippen LogP contribution >= 0.6 is 10.8 Å². The van der Waals surface area contributed by atoms with E-state index >= 15 is 0 Å². The second kappa shape index (κ2) is 7.48. The number of hydrogen-bond acceptors (Lipinski definition) is 5. The zero-order valence-electron chi connectivity index (χ0n) is 8.13. The Morgan fingerprint density at radius 3 is 2.00 bits per heavy atom. The van der Waals surface area contributed by atoms with Crippen molar-refractivity contribution in [3.05, 3.63) is 0 Å². The minimum atomic E-state index is -3.90. The fourth-order valence-electron chi connectivity index (χ4n) is 0.597. The first kappa shape index (κ1) is 17.6. The average Bonchev–Trinajstić information content (AvgIpc) is 1.81. The normalized spacial score (nSPS) is 12.1. The van der Waals surface area contributed by atoms with E-state index in [1.165, 1.54) is 0 Å². The van der Waals surface area contributed by atoms with Crippen molar-refractivity contribution in [3.63, 3.8) is 0 Å². The summed E-state index contributed by atoms with van der Waals surface area (Å²) in [4.78, 5) is 0. The molecule has 0 aliphatic heterocycles. The van der Waals surface area contributed by atoms with Gasteiger partial charge in [0.15, 0.2) is 8.87 Å². The second-order valence-electron chi connectivity index (χ2n) is 2.52. The molecule has 0 aromatic heterocycles. The molecule has 0 rings (SSSR count). The molecule has 0 aliphatic rings. The van der Waals surface area contributed by atoms with E-state index in [0.29, 0.717) is 12.2 Å². The van der Waals surface area contributed by atoms with Crippen LogP contribution in [0.3, 0.4) is 0 Å². The van der Waals surface area contributed by atoms with Gasteiger partial charge in [-0.1, -0.05) is 0 Å². The summed E-state index contributed by atoms with van der Waals surface area (Å²) in [7, 11) is -6.15. The monoisotopic (exact) mass is 271 g/mol. The molecular weight excluding hydrogens is 259 g/mol. The molecule has 0 aromatic rings. The van der Waals surface area contributed by atoms with Crippen LogP contribution in [0.4, 0.5) is 0 Å². The molecule has 0 saturated heterocycles. The molecule has 1 N–H and O–H groups in total. The Bertz CT molecular complexity index is 298. The van der Waals surface area contributed by atoms with Crippen LogP contribution in [-0.2, 0) is 19.0 Å². The van der Waals surface area contributed by atoms with Crippen molar-refractivity contribution in [3.8, 4) is 0 Å². The van der Waals surface area contributed by atoms with E-state index in [0.717, 1.165) is 17.0 Å². The Hall–Kier alpha value is 1.21. The largest absolute Gasteiger partial charge is 0.286 e. The van der Waals surface area contributed by atoms with Crippen molar-refractivity contribution in [1.82, 2.24) is 0 Å². The van der Waals surface area contributed by atoms with E-state index in [2.05, 4.69) is 0 Å². The van der Waals surface area contributed by atoms with Gasteiger partial charge in [-0.3, -0.25) is 4.55 Å². The first-order valence-corrected chi connectivity index (χ1v) is 8.50. The van der Waals surface area contributed by atoms with Crippen LogP contribution < -0.4 is 0 Å². The summed E-state index contributed by atoms with van der Waals surface area (Å²) < 4.78 is 49.9. The summed E-state index contributed by atoms with van der Waals surface area (Å²) in [5.41, 5.74) is 0. The molecule has 5 nitrogen and oxygen atoms in total. The Morgan fingerprint density at radius 2 is 1.64 bits per heavy atom. The Labute approximate surface area is 110 Å². The van der Waals surface area contributed by atoms with Crippen molar-refractivity contribution < 1.29 is 21.4 Å². The summed E-state index contributed by atoms with van der Waals surface area (Å²) in [6.07, 6.45) is 1.83. The van der Waals surface area contributed by atoms with Crippen molar-refractivity contribution in [2.24, 2.45) is 0 Å². The van der Waals surface area contributed by atoms with Gasteiger partial charge >= 0.3 is 0 Å². The maximum absolute atomic E-state index is 10.6. The Morgan fingerprint density at radius 1 is 1.14 bits per heavy atom. The molecule has 0 saturated carbocycles. The zero-order chi connectivity index (χ0) is 10.5. The third-order valence-corrected chi connectivity index (χ3v) is 4.57. The summed E-state index contributed by atoms with van der Waals surface area (Å²) in [6.45, 7) is 0. The minimum absolute atomic E-state index is 0. The predicted octanol–water partition coefficient (Wildman–Crippen LogP) is -0.0336. The zero-order valence-corrected chi connectivity index (χ0v) is 12.6. The van der Waals surface area contributed by atoms with Crippen LogP contribution in [-0.4, -0.2) is 68.7 Å². The molecule has 81 valence electrons. The van der Waals surface area contributed by atoms with Crippen LogP contribution in [0.1, 0.15) is 12.8 Å². The van der Waals surface area contributed by atoms with Gasteiger partial charge in [0.1, 0.15) is 0 Å². The second-order valence-corrected chi connectivity index (χ2v) is 8.67. The molecule has 0 unspecified atom stereocenters. The molecule has 0 bridgehead atoms. The maximum atomic E-state index is 10.6. The summed E-state index contributed by atoms with van der Waals surface area (Å²) in [5.74, 6) is 0.0473. The molecular formula is C5H12NaO5S3. The Kier molecular flexibility index (Phi) is 9.40. The smallest absolute Gasteiger partial charge is 0.264 e. The first-order chi connectivity index (χ1) is 5.71. The van der Waals surface area contributed by atoms with Gasteiger partial charge < -0.3 is 0 Å². The third-order valence-electron chi connectivity index (χ3n) is 1.09. The van der Waals surface area contributed by atoms with E-state index < -0.39 is 19.0 Å². The molecule has 9 heteroatoms. The number of rotatable bonds is 6. The molecule has 0 amide bonds. The van der Waals surface area contributed by atoms with Crippen molar-refractivity contribution >= 4 is 59.3 Å². The van der Waals surface area contributed by atoms with E-state index in [-0.39, 0.29) is 41.7 Å². The third kappa shape index (κ3) is 15.7. The predicted molar refractivity (Wildman–Crippen MR) is 58.7 cm³/mol. The van der Waals surface area contributed by atoms with Gasteiger partial charge in [0, 0.05) is 41.6 Å². The summed E-state index contributed by atoms with van der Waals surface area (Å²) in [5, 5.41) is 0. The van der Waals surface area contributed by atoms with Crippen LogP contribution in [0.2, 0.25) is 0 Å². The van der Waals surface area contributed by atoms with Crippen LogP contribution in [0.15, 0.2) is 0 Å². The van der Waals surface area contributed by atoms with Gasteiger partial charge in [0.05, 0.1) is 5.75 Å². The first-order valence-electron chi connectivity index (χ1n) is 3.50. The molecule has 0 atom stereocenters. The Balaban J connectivity index is 0. The summed E-state index contributed by atoms with van der Waals surface area (Å²) in [6, 6.07) is 0. The fraction of sp³-hybridized carbons (Fsp3) is 1.00. The van der Waals surface area contributed by atoms with Gasteiger partial charge in [-0.05, 0) is 23.6 Å². The summed E-state index contributed by atoms with van der Waals surface area (Å²) >= 11 is 0. The average molecular weight is 271 g/mol. The SMILES string of the molecule is CS(=O)(=O)SCCCCS(=O)(=O)O.[Na]. The molecule has 0 aliphatic carbocycles. The molecule has 14 heavy (non-hydrogen) atoms. The van der Waals surface area contributed by atoms with Gasteiger partial charge in [-0.2, -0.15) is 8.42 Å². The van der Waals surface area contributed by atoms with E-state index in [4.69, 9.17) is 4.55 Å². The number of unbranched alkanes of at least 4 members (excludes halogenated alkanes) is 1.